The van der Waals surface area contributed by atoms with Crippen molar-refractivity contribution in [1.29, 1.82) is 0 Å². The largest absolute Gasteiger partial charge is 0.371 e. The van der Waals surface area contributed by atoms with Gasteiger partial charge in [-0.2, -0.15) is 5.10 Å². The predicted octanol–water partition coefficient (Wildman–Crippen LogP) is -0.220. The molecule has 1 atom stereocenters. The van der Waals surface area contributed by atoms with E-state index in [1.54, 1.807) is 9.25 Å². The Morgan fingerprint density at radius 1 is 1.50 bits per heavy atom. The lowest BCUT2D eigenvalue weighted by Gasteiger charge is -2.09. The normalized spacial score (nSPS) is 24.7. The second-order valence-electron chi connectivity index (χ2n) is 3.94. The van der Waals surface area contributed by atoms with E-state index in [0.29, 0.717) is 6.54 Å². The second-order valence-corrected chi connectivity index (χ2v) is 3.94. The minimum absolute atomic E-state index is 0.0372. The second kappa shape index (κ2) is 2.95. The summed E-state index contributed by atoms with van der Waals surface area (Å²) >= 11 is 0. The summed E-state index contributed by atoms with van der Waals surface area (Å²) in [5, 5.41) is 4.32. The van der Waals surface area contributed by atoms with E-state index in [4.69, 9.17) is 4.74 Å². The summed E-state index contributed by atoms with van der Waals surface area (Å²) in [5.74, 6) is 0.946. The van der Waals surface area contributed by atoms with Crippen LogP contribution in [0.4, 0.5) is 0 Å². The smallest absolute Gasteiger partial charge is 0.346 e. The van der Waals surface area contributed by atoms with E-state index in [9.17, 15) is 4.79 Å². The Balaban J connectivity index is 1.95. The fourth-order valence-corrected chi connectivity index (χ4v) is 1.93. The number of aromatic nitrogens is 3. The third-order valence-corrected chi connectivity index (χ3v) is 2.81. The molecule has 2 aliphatic rings. The molecule has 0 bridgehead atoms. The van der Waals surface area contributed by atoms with Crippen LogP contribution in [-0.2, 0) is 24.2 Å². The summed E-state index contributed by atoms with van der Waals surface area (Å²) in [6.45, 7) is 2.23. The first-order valence-corrected chi connectivity index (χ1v) is 5.13. The molecule has 1 saturated heterocycles. The Bertz CT molecular complexity index is 403. The molecule has 2 aliphatic heterocycles. The van der Waals surface area contributed by atoms with Crippen molar-refractivity contribution in [2.24, 2.45) is 0 Å². The van der Waals surface area contributed by atoms with Gasteiger partial charge in [0.25, 0.3) is 0 Å². The number of epoxide rings is 1. The van der Waals surface area contributed by atoms with Gasteiger partial charge < -0.3 is 4.74 Å². The first-order valence-electron chi connectivity index (χ1n) is 5.13. The maximum atomic E-state index is 11.8. The zero-order valence-electron chi connectivity index (χ0n) is 7.98. The molecule has 1 aromatic rings. The quantitative estimate of drug-likeness (QED) is 0.613. The van der Waals surface area contributed by atoms with Crippen molar-refractivity contribution in [1.82, 2.24) is 14.3 Å². The Morgan fingerprint density at radius 3 is 3.07 bits per heavy atom. The van der Waals surface area contributed by atoms with Gasteiger partial charge in [0.15, 0.2) is 0 Å². The van der Waals surface area contributed by atoms with Crippen LogP contribution in [0.5, 0.6) is 0 Å². The lowest BCUT2D eigenvalue weighted by Crippen LogP contribution is -2.28. The molecule has 14 heavy (non-hydrogen) atoms. The average molecular weight is 195 g/mol. The number of fused-ring (bicyclic) bond motifs is 1. The molecule has 1 fully saturated rings. The van der Waals surface area contributed by atoms with Crippen LogP contribution in [0.3, 0.4) is 0 Å². The van der Waals surface area contributed by atoms with E-state index in [0.717, 1.165) is 38.2 Å². The summed E-state index contributed by atoms with van der Waals surface area (Å²) in [6.07, 6.45) is 3.41. The molecule has 76 valence electrons. The molecule has 0 aromatic carbocycles. The van der Waals surface area contributed by atoms with Crippen molar-refractivity contribution in [3.8, 4) is 0 Å². The highest BCUT2D eigenvalue weighted by Gasteiger charge is 2.26. The lowest BCUT2D eigenvalue weighted by molar-refractivity contribution is 0.369. The summed E-state index contributed by atoms with van der Waals surface area (Å²) in [4.78, 5) is 11.8. The van der Waals surface area contributed by atoms with Crippen molar-refractivity contribution < 1.29 is 4.74 Å². The highest BCUT2D eigenvalue weighted by atomic mass is 16.6. The molecule has 1 aromatic heterocycles. The van der Waals surface area contributed by atoms with Crippen LogP contribution in [0.15, 0.2) is 4.79 Å². The number of hydrogen-bond donors (Lipinski definition) is 0. The van der Waals surface area contributed by atoms with Crippen LogP contribution in [0.2, 0.25) is 0 Å². The van der Waals surface area contributed by atoms with Crippen LogP contribution >= 0.6 is 0 Å². The Kier molecular flexibility index (Phi) is 1.73. The van der Waals surface area contributed by atoms with Crippen LogP contribution in [-0.4, -0.2) is 27.1 Å². The molecule has 0 radical (unpaired) electrons. The van der Waals surface area contributed by atoms with Gasteiger partial charge in [0.1, 0.15) is 11.9 Å². The number of aryl methyl sites for hydroxylation is 1. The first kappa shape index (κ1) is 8.23. The van der Waals surface area contributed by atoms with Gasteiger partial charge >= 0.3 is 5.69 Å². The van der Waals surface area contributed by atoms with Gasteiger partial charge in [-0.15, -0.1) is 0 Å². The van der Waals surface area contributed by atoms with Crippen molar-refractivity contribution >= 4 is 0 Å². The average Bonchev–Trinajstić information content (AvgIpc) is 2.95. The summed E-state index contributed by atoms with van der Waals surface area (Å²) in [7, 11) is 0. The van der Waals surface area contributed by atoms with E-state index in [2.05, 4.69) is 5.10 Å². The highest BCUT2D eigenvalue weighted by Crippen LogP contribution is 2.12. The Labute approximate surface area is 81.3 Å². The van der Waals surface area contributed by atoms with E-state index < -0.39 is 0 Å². The molecule has 5 nitrogen and oxygen atoms in total. The third-order valence-electron chi connectivity index (χ3n) is 2.81. The zero-order chi connectivity index (χ0) is 9.54. The summed E-state index contributed by atoms with van der Waals surface area (Å²) in [5.41, 5.74) is 0.0372. The monoisotopic (exact) mass is 195 g/mol. The van der Waals surface area contributed by atoms with Crippen molar-refractivity contribution in [2.75, 3.05) is 6.61 Å². The SMILES string of the molecule is O=c1n(CC2CO2)nc2n1CCCC2. The van der Waals surface area contributed by atoms with E-state index >= 15 is 0 Å². The molecule has 0 aliphatic carbocycles. The van der Waals surface area contributed by atoms with Gasteiger partial charge in [-0.05, 0) is 12.8 Å². The molecule has 5 heteroatoms. The lowest BCUT2D eigenvalue weighted by atomic mass is 10.2. The van der Waals surface area contributed by atoms with Gasteiger partial charge in [-0.25, -0.2) is 9.48 Å². The van der Waals surface area contributed by atoms with Gasteiger partial charge in [0.05, 0.1) is 13.2 Å². The maximum absolute atomic E-state index is 11.8. The maximum Gasteiger partial charge on any atom is 0.346 e. The number of ether oxygens (including phenoxy) is 1. The summed E-state index contributed by atoms with van der Waals surface area (Å²) in [6, 6.07) is 0. The van der Waals surface area contributed by atoms with Crippen LogP contribution in [0.1, 0.15) is 18.7 Å². The fraction of sp³-hybridized carbons (Fsp3) is 0.778. The predicted molar refractivity (Wildman–Crippen MR) is 49.2 cm³/mol. The number of nitrogens with zero attached hydrogens (tertiary/aromatic N) is 3. The first-order chi connectivity index (χ1) is 6.84. The van der Waals surface area contributed by atoms with Crippen LogP contribution in [0.25, 0.3) is 0 Å². The Morgan fingerprint density at radius 2 is 2.36 bits per heavy atom. The van der Waals surface area contributed by atoms with E-state index in [1.165, 1.54) is 0 Å². The molecular formula is C9H13N3O2. The van der Waals surface area contributed by atoms with Gasteiger partial charge in [-0.1, -0.05) is 0 Å². The van der Waals surface area contributed by atoms with Gasteiger partial charge in [0.2, 0.25) is 0 Å². The molecule has 0 amide bonds. The fourth-order valence-electron chi connectivity index (χ4n) is 1.93. The minimum atomic E-state index is 0.0372. The van der Waals surface area contributed by atoms with E-state index in [1.807, 2.05) is 0 Å². The van der Waals surface area contributed by atoms with Crippen molar-refractivity contribution in [2.45, 2.75) is 38.5 Å². The number of rotatable bonds is 2. The molecular weight excluding hydrogens is 182 g/mol. The van der Waals surface area contributed by atoms with Crippen LogP contribution < -0.4 is 5.69 Å². The highest BCUT2D eigenvalue weighted by molar-refractivity contribution is 4.91. The topological polar surface area (TPSA) is 52.4 Å². The third kappa shape index (κ3) is 1.28. The molecule has 3 rings (SSSR count). The molecule has 0 N–H and O–H groups in total. The standard InChI is InChI=1S/C9H13N3O2/c13-9-11-4-2-1-3-8(11)10-12(9)5-7-6-14-7/h7H,1-6H2. The summed E-state index contributed by atoms with van der Waals surface area (Å²) < 4.78 is 8.44. The van der Waals surface area contributed by atoms with E-state index in [-0.39, 0.29) is 11.8 Å². The number of hydrogen-bond acceptors (Lipinski definition) is 3. The molecule has 0 spiro atoms. The Hall–Kier alpha value is -1.10. The molecule has 0 saturated carbocycles. The van der Waals surface area contributed by atoms with Crippen LogP contribution in [0, 0.1) is 0 Å². The van der Waals surface area contributed by atoms with Gasteiger partial charge in [-0.3, -0.25) is 4.57 Å². The molecule has 3 heterocycles. The van der Waals surface area contributed by atoms with Gasteiger partial charge in [0, 0.05) is 13.0 Å². The van der Waals surface area contributed by atoms with Crippen molar-refractivity contribution in [3.63, 3.8) is 0 Å². The molecule has 1 unspecified atom stereocenters. The minimum Gasteiger partial charge on any atom is -0.371 e. The van der Waals surface area contributed by atoms with Crippen molar-refractivity contribution in [3.05, 3.63) is 16.3 Å². The zero-order valence-corrected chi connectivity index (χ0v) is 7.98.